The summed E-state index contributed by atoms with van der Waals surface area (Å²) in [7, 11) is 0. The van der Waals surface area contributed by atoms with Gasteiger partial charge in [-0.25, -0.2) is 0 Å². The first-order chi connectivity index (χ1) is 38.6. The van der Waals surface area contributed by atoms with E-state index in [0.717, 1.165) is 82.0 Å². The fourth-order valence-electron chi connectivity index (χ4n) is 12.8. The molecule has 8 aliphatic carbocycles. The number of nitrogens with zero attached hydrogens (tertiary/aromatic N) is 2. The lowest BCUT2D eigenvalue weighted by Gasteiger charge is -2.37. The molecule has 8 aliphatic rings. The van der Waals surface area contributed by atoms with E-state index in [0.29, 0.717) is 5.92 Å². The van der Waals surface area contributed by atoms with E-state index in [2.05, 4.69) is 260 Å². The summed E-state index contributed by atoms with van der Waals surface area (Å²) in [6.07, 6.45) is 77.0. The predicted molar refractivity (Wildman–Crippen MR) is 334 cm³/mol. The summed E-state index contributed by atoms with van der Waals surface area (Å²) in [4.78, 5) is 5.04. The third-order valence-electron chi connectivity index (χ3n) is 16.7. The minimum atomic E-state index is 0.174. The Morgan fingerprint density at radius 3 is 2.05 bits per heavy atom. The maximum atomic E-state index is 4.34. The summed E-state index contributed by atoms with van der Waals surface area (Å²) in [6.45, 7) is 8.49. The largest absolute Gasteiger partial charge is 0.338 e. The number of hydrogen-bond acceptors (Lipinski definition) is 2. The van der Waals surface area contributed by atoms with E-state index in [-0.39, 0.29) is 12.0 Å². The normalized spacial score (nSPS) is 26.5. The number of allylic oxidation sites excluding steroid dienone is 30. The smallest absolute Gasteiger partial charge is 0.0557 e. The van der Waals surface area contributed by atoms with Crippen LogP contribution in [0.2, 0.25) is 0 Å². The molecule has 3 atom stereocenters. The molecule has 2 heteroatoms. The first-order valence-electron chi connectivity index (χ1n) is 28.6. The Balaban J connectivity index is 0.801. The second-order valence-electron chi connectivity index (χ2n) is 21.6. The van der Waals surface area contributed by atoms with Crippen molar-refractivity contribution >= 4 is 34.6 Å². The second-order valence-corrected chi connectivity index (χ2v) is 21.6. The molecule has 0 amide bonds. The van der Waals surface area contributed by atoms with Crippen molar-refractivity contribution in [1.29, 1.82) is 0 Å². The Morgan fingerprint density at radius 2 is 1.31 bits per heavy atom. The van der Waals surface area contributed by atoms with E-state index in [1.807, 2.05) is 12.2 Å². The Labute approximate surface area is 464 Å². The zero-order valence-electron chi connectivity index (χ0n) is 45.0. The number of benzene rings is 4. The van der Waals surface area contributed by atoms with Gasteiger partial charge in [-0.05, 0) is 191 Å². The molecule has 0 saturated carbocycles. The molecule has 2 nitrogen and oxygen atoms in total. The second kappa shape index (κ2) is 23.4. The van der Waals surface area contributed by atoms with Gasteiger partial charge in [-0.15, -0.1) is 0 Å². The highest BCUT2D eigenvalue weighted by molar-refractivity contribution is 6.01. The Bertz CT molecular complexity index is 3650. The Morgan fingerprint density at radius 1 is 0.551 bits per heavy atom. The van der Waals surface area contributed by atoms with Crippen molar-refractivity contribution in [2.75, 3.05) is 0 Å². The molecule has 78 heavy (non-hydrogen) atoms. The number of hydrogen-bond donors (Lipinski definition) is 0. The van der Waals surface area contributed by atoms with Crippen LogP contribution in [0.15, 0.2) is 289 Å². The number of fused-ring (bicyclic) bond motifs is 4. The van der Waals surface area contributed by atoms with Gasteiger partial charge in [0.05, 0.1) is 6.04 Å². The van der Waals surface area contributed by atoms with Gasteiger partial charge >= 0.3 is 0 Å². The van der Waals surface area contributed by atoms with Crippen molar-refractivity contribution < 1.29 is 0 Å². The molecule has 3 unspecified atom stereocenters. The Hall–Kier alpha value is -8.46. The third-order valence-corrected chi connectivity index (χ3v) is 16.7. The van der Waals surface area contributed by atoms with E-state index in [1.165, 1.54) is 94.7 Å². The molecule has 0 heterocycles. The predicted octanol–water partition coefficient (Wildman–Crippen LogP) is 19.4. The molecule has 0 saturated heterocycles. The molecule has 0 aromatic heterocycles. The van der Waals surface area contributed by atoms with Crippen LogP contribution >= 0.6 is 0 Å². The summed E-state index contributed by atoms with van der Waals surface area (Å²) < 4.78 is 0. The van der Waals surface area contributed by atoms with Gasteiger partial charge in [-0.2, -0.15) is 0 Å². The van der Waals surface area contributed by atoms with Crippen LogP contribution in [0, 0.1) is 0 Å². The summed E-state index contributed by atoms with van der Waals surface area (Å²) in [5, 5.41) is 2.83. The highest BCUT2D eigenvalue weighted by Gasteiger charge is 2.29. The van der Waals surface area contributed by atoms with Crippen LogP contribution in [0.3, 0.4) is 0 Å². The van der Waals surface area contributed by atoms with Gasteiger partial charge in [-0.3, -0.25) is 0 Å². The first-order valence-corrected chi connectivity index (χ1v) is 28.6. The lowest BCUT2D eigenvalue weighted by atomic mass is 9.75. The molecular formula is C76H70N2. The van der Waals surface area contributed by atoms with Gasteiger partial charge < -0.3 is 9.80 Å². The van der Waals surface area contributed by atoms with Gasteiger partial charge in [0.1, 0.15) is 0 Å². The zero-order chi connectivity index (χ0) is 52.6. The van der Waals surface area contributed by atoms with Crippen molar-refractivity contribution in [3.63, 3.8) is 0 Å². The maximum Gasteiger partial charge on any atom is 0.0557 e. The van der Waals surface area contributed by atoms with Crippen molar-refractivity contribution in [2.24, 2.45) is 0 Å². The standard InChI is InChI=1S/C76H70N2/c1-3-20-66(4-2)77(70-49-43-61(44-50-70)74-54-65-29-18-26-62-37-38-63-27-19-34-72(74)76(63)75(62)65)68-32-12-7-5-10-24-58(39-45-68)59-25-11-6-8-13-33-69(46-40-59)78(67-30-14-9-15-31-67)71-47-41-60(42-48-71)73-53-57-23-16-21-55(51-57)35-36-56-22-17-28-64(73)52-56/h3-8,10-14,16-25,27-34,37-38,41-43,47,49-54,61-62,71H,1-2,9,15,26,35-36,39-40,44-46,48H2/b10-5-,11-6-,12-7-,13-8-,58-24-,59-25+,66-20+,68-32-,69-33-,73-53-. The van der Waals surface area contributed by atoms with Crippen LogP contribution in [-0.2, 0) is 12.8 Å². The van der Waals surface area contributed by atoms with E-state index in [9.17, 15) is 0 Å². The van der Waals surface area contributed by atoms with Crippen LogP contribution in [0.1, 0.15) is 114 Å². The topological polar surface area (TPSA) is 6.48 Å². The van der Waals surface area contributed by atoms with Crippen LogP contribution < -0.4 is 0 Å². The minimum Gasteiger partial charge on any atom is -0.338 e. The highest BCUT2D eigenvalue weighted by atomic mass is 15.2. The van der Waals surface area contributed by atoms with Gasteiger partial charge in [0.25, 0.3) is 0 Å². The lowest BCUT2D eigenvalue weighted by molar-refractivity contribution is 0.356. The van der Waals surface area contributed by atoms with E-state index >= 15 is 0 Å². The van der Waals surface area contributed by atoms with Gasteiger partial charge in [0.2, 0.25) is 0 Å². The molecular weight excluding hydrogens is 941 g/mol. The van der Waals surface area contributed by atoms with Crippen LogP contribution in [-0.4, -0.2) is 15.8 Å². The molecule has 4 aromatic rings. The van der Waals surface area contributed by atoms with Gasteiger partial charge in [0, 0.05) is 40.3 Å². The molecule has 384 valence electrons. The molecule has 0 fully saturated rings. The maximum absolute atomic E-state index is 4.34. The third kappa shape index (κ3) is 10.8. The van der Waals surface area contributed by atoms with Crippen molar-refractivity contribution in [1.82, 2.24) is 9.80 Å². The molecule has 0 spiro atoms. The highest BCUT2D eigenvalue weighted by Crippen LogP contribution is 2.46. The molecule has 0 N–H and O–H groups in total. The van der Waals surface area contributed by atoms with E-state index in [1.54, 1.807) is 0 Å². The lowest BCUT2D eigenvalue weighted by Crippen LogP contribution is -2.33. The molecule has 4 aromatic carbocycles. The molecule has 12 rings (SSSR count). The van der Waals surface area contributed by atoms with Crippen LogP contribution in [0.5, 0.6) is 0 Å². The molecule has 4 bridgehead atoms. The zero-order valence-corrected chi connectivity index (χ0v) is 45.0. The number of aryl methyl sites for hydroxylation is 2. The monoisotopic (exact) mass is 1010 g/mol. The SMILES string of the molecule is C=C/C=C(\C=C)N(C1=CCC(c2cc3c4c5c(cccc25)C=CC4CC=C3)C=C1)\C1=C/C=C\C=C/C=C(\C2=C\C=C/C=C\C=C(/N(C3=CCCC=C3)C3C=CC(/C4=C/c5cccc(c5)CCc5cccc4c5)=CC3)CC2)CC1. The van der Waals surface area contributed by atoms with Crippen molar-refractivity contribution in [3.05, 3.63) is 334 Å². The van der Waals surface area contributed by atoms with E-state index < -0.39 is 0 Å². The fourth-order valence-corrected chi connectivity index (χ4v) is 12.8. The summed E-state index contributed by atoms with van der Waals surface area (Å²) in [6, 6.07) is 27.8. The molecule has 0 radical (unpaired) electrons. The summed E-state index contributed by atoms with van der Waals surface area (Å²) in [5.74, 6) is 0.723. The quantitative estimate of drug-likeness (QED) is 0.138. The van der Waals surface area contributed by atoms with Gasteiger partial charge in [0.15, 0.2) is 0 Å². The minimum absolute atomic E-state index is 0.174. The molecule has 0 aliphatic heterocycles. The Kier molecular flexibility index (Phi) is 15.1. The van der Waals surface area contributed by atoms with Crippen LogP contribution in [0.25, 0.3) is 34.6 Å². The number of rotatable bonds is 11. The van der Waals surface area contributed by atoms with Crippen LogP contribution in [0.4, 0.5) is 0 Å². The average molecular weight is 1010 g/mol. The summed E-state index contributed by atoms with van der Waals surface area (Å²) >= 11 is 0. The van der Waals surface area contributed by atoms with Crippen molar-refractivity contribution in [3.8, 4) is 0 Å². The van der Waals surface area contributed by atoms with E-state index in [4.69, 9.17) is 0 Å². The van der Waals surface area contributed by atoms with Gasteiger partial charge in [-0.1, -0.05) is 220 Å². The summed E-state index contributed by atoms with van der Waals surface area (Å²) in [5.41, 5.74) is 22.2. The fraction of sp³-hybridized carbons (Fsp3) is 0.184. The first kappa shape index (κ1) is 50.4. The van der Waals surface area contributed by atoms with Crippen molar-refractivity contribution in [2.45, 2.75) is 88.5 Å². The average Bonchev–Trinajstić information content (AvgIpc) is 3.55.